The number of nitrogens with one attached hydrogen (secondary N) is 1. The van der Waals surface area contributed by atoms with Crippen molar-refractivity contribution in [1.29, 1.82) is 0 Å². The fraction of sp³-hybridized carbons (Fsp3) is 0.375. The van der Waals surface area contributed by atoms with E-state index in [4.69, 9.17) is 0 Å². The Balaban J connectivity index is 2.04. The van der Waals surface area contributed by atoms with Crippen LogP contribution in [0.25, 0.3) is 5.13 Å². The average Bonchev–Trinajstić information content (AvgIpc) is 2.86. The molecule has 2 aromatic rings. The standard InChI is InChI=1S/C8H9N5S/c1-2-9-3-7-6(1)12-8(14-7)13-4-10-11-5-13/h4-5,9H,1-3H2. The molecule has 6 heteroatoms. The molecule has 5 nitrogen and oxygen atoms in total. The van der Waals surface area contributed by atoms with Gasteiger partial charge in [-0.3, -0.25) is 4.57 Å². The summed E-state index contributed by atoms with van der Waals surface area (Å²) in [4.78, 5) is 5.89. The van der Waals surface area contributed by atoms with Crippen molar-refractivity contribution >= 4 is 11.3 Å². The molecule has 0 radical (unpaired) electrons. The minimum Gasteiger partial charge on any atom is -0.311 e. The molecule has 0 bridgehead atoms. The topological polar surface area (TPSA) is 55.6 Å². The molecule has 0 unspecified atom stereocenters. The SMILES string of the molecule is c1nncn1-c1nc2c(s1)CNCC2. The maximum absolute atomic E-state index is 4.55. The first-order valence-corrected chi connectivity index (χ1v) is 5.29. The second-order valence-electron chi connectivity index (χ2n) is 3.16. The molecule has 1 aliphatic heterocycles. The van der Waals surface area contributed by atoms with E-state index in [0.29, 0.717) is 0 Å². The molecule has 0 amide bonds. The van der Waals surface area contributed by atoms with Gasteiger partial charge in [0.25, 0.3) is 0 Å². The molecule has 14 heavy (non-hydrogen) atoms. The quantitative estimate of drug-likeness (QED) is 0.734. The highest BCUT2D eigenvalue weighted by Crippen LogP contribution is 2.23. The summed E-state index contributed by atoms with van der Waals surface area (Å²) in [5, 5.41) is 11.8. The average molecular weight is 207 g/mol. The third-order valence-electron chi connectivity index (χ3n) is 2.23. The maximum atomic E-state index is 4.55. The van der Waals surface area contributed by atoms with Crippen LogP contribution in [0.4, 0.5) is 0 Å². The van der Waals surface area contributed by atoms with E-state index in [1.165, 1.54) is 10.6 Å². The highest BCUT2D eigenvalue weighted by Gasteiger charge is 2.15. The van der Waals surface area contributed by atoms with Crippen LogP contribution in [0.3, 0.4) is 0 Å². The van der Waals surface area contributed by atoms with Crippen molar-refractivity contribution in [2.45, 2.75) is 13.0 Å². The lowest BCUT2D eigenvalue weighted by Gasteiger charge is -2.09. The van der Waals surface area contributed by atoms with Crippen LogP contribution in [0.1, 0.15) is 10.6 Å². The molecule has 0 saturated heterocycles. The number of thiazole rings is 1. The van der Waals surface area contributed by atoms with Crippen LogP contribution in [-0.4, -0.2) is 26.3 Å². The van der Waals surface area contributed by atoms with E-state index in [2.05, 4.69) is 20.5 Å². The summed E-state index contributed by atoms with van der Waals surface area (Å²) >= 11 is 1.70. The molecule has 72 valence electrons. The van der Waals surface area contributed by atoms with Crippen molar-refractivity contribution in [3.63, 3.8) is 0 Å². The molecule has 2 aromatic heterocycles. The van der Waals surface area contributed by atoms with Crippen LogP contribution in [0.15, 0.2) is 12.7 Å². The largest absolute Gasteiger partial charge is 0.311 e. The highest BCUT2D eigenvalue weighted by molar-refractivity contribution is 7.14. The summed E-state index contributed by atoms with van der Waals surface area (Å²) in [6, 6.07) is 0. The fourth-order valence-electron chi connectivity index (χ4n) is 1.52. The Labute approximate surface area is 84.8 Å². The van der Waals surface area contributed by atoms with Gasteiger partial charge in [0.15, 0.2) is 5.13 Å². The Morgan fingerprint density at radius 2 is 2.21 bits per heavy atom. The number of fused-ring (bicyclic) bond motifs is 1. The predicted molar refractivity (Wildman–Crippen MR) is 52.4 cm³/mol. The number of rotatable bonds is 1. The number of hydrogen-bond donors (Lipinski definition) is 1. The Morgan fingerprint density at radius 3 is 3.00 bits per heavy atom. The van der Waals surface area contributed by atoms with Gasteiger partial charge in [-0.15, -0.1) is 10.2 Å². The fourth-order valence-corrected chi connectivity index (χ4v) is 2.54. The zero-order valence-corrected chi connectivity index (χ0v) is 8.29. The van der Waals surface area contributed by atoms with Gasteiger partial charge in [0.2, 0.25) is 0 Å². The van der Waals surface area contributed by atoms with Gasteiger partial charge >= 0.3 is 0 Å². The van der Waals surface area contributed by atoms with Gasteiger partial charge < -0.3 is 5.32 Å². The zero-order valence-electron chi connectivity index (χ0n) is 7.47. The predicted octanol–water partition coefficient (Wildman–Crippen LogP) is 0.370. The van der Waals surface area contributed by atoms with Crippen molar-refractivity contribution in [1.82, 2.24) is 25.1 Å². The molecule has 0 spiro atoms. The lowest BCUT2D eigenvalue weighted by atomic mass is 10.2. The van der Waals surface area contributed by atoms with E-state index < -0.39 is 0 Å². The highest BCUT2D eigenvalue weighted by atomic mass is 32.1. The van der Waals surface area contributed by atoms with E-state index >= 15 is 0 Å². The molecule has 0 fully saturated rings. The Bertz CT molecular complexity index is 409. The normalized spacial score (nSPS) is 15.4. The van der Waals surface area contributed by atoms with Crippen molar-refractivity contribution in [2.75, 3.05) is 6.54 Å². The monoisotopic (exact) mass is 207 g/mol. The first kappa shape index (κ1) is 8.07. The van der Waals surface area contributed by atoms with Gasteiger partial charge in [-0.25, -0.2) is 4.98 Å². The van der Waals surface area contributed by atoms with Crippen LogP contribution in [0.2, 0.25) is 0 Å². The maximum Gasteiger partial charge on any atom is 0.196 e. The van der Waals surface area contributed by atoms with E-state index in [-0.39, 0.29) is 0 Å². The summed E-state index contributed by atoms with van der Waals surface area (Å²) in [5.74, 6) is 0. The van der Waals surface area contributed by atoms with Gasteiger partial charge in [-0.1, -0.05) is 11.3 Å². The Kier molecular flexibility index (Phi) is 1.81. The van der Waals surface area contributed by atoms with Gasteiger partial charge in [-0.05, 0) is 0 Å². The number of nitrogens with zero attached hydrogens (tertiary/aromatic N) is 4. The summed E-state index contributed by atoms with van der Waals surface area (Å²) < 4.78 is 1.85. The third kappa shape index (κ3) is 1.23. The molecule has 1 aliphatic rings. The van der Waals surface area contributed by atoms with Crippen molar-refractivity contribution in [2.24, 2.45) is 0 Å². The van der Waals surface area contributed by atoms with Crippen LogP contribution in [0, 0.1) is 0 Å². The Hall–Kier alpha value is -1.27. The summed E-state index contributed by atoms with van der Waals surface area (Å²) in [7, 11) is 0. The van der Waals surface area contributed by atoms with Crippen molar-refractivity contribution in [3.8, 4) is 5.13 Å². The molecule has 0 atom stereocenters. The zero-order chi connectivity index (χ0) is 9.38. The molecule has 3 heterocycles. The summed E-state index contributed by atoms with van der Waals surface area (Å²) in [6.07, 6.45) is 4.38. The van der Waals surface area contributed by atoms with E-state index in [9.17, 15) is 0 Å². The smallest absolute Gasteiger partial charge is 0.196 e. The Morgan fingerprint density at radius 1 is 1.36 bits per heavy atom. The molecule has 0 aliphatic carbocycles. The second-order valence-corrected chi connectivity index (χ2v) is 4.22. The third-order valence-corrected chi connectivity index (χ3v) is 3.34. The molecule has 3 rings (SSSR count). The van der Waals surface area contributed by atoms with Gasteiger partial charge in [0.05, 0.1) is 5.69 Å². The van der Waals surface area contributed by atoms with E-state index in [1.807, 2.05) is 4.57 Å². The molecule has 0 saturated carbocycles. The van der Waals surface area contributed by atoms with E-state index in [0.717, 1.165) is 24.6 Å². The lowest BCUT2D eigenvalue weighted by Crippen LogP contribution is -2.22. The molecule has 0 aromatic carbocycles. The van der Waals surface area contributed by atoms with Crippen LogP contribution < -0.4 is 5.32 Å². The van der Waals surface area contributed by atoms with Crippen molar-refractivity contribution < 1.29 is 0 Å². The molecular formula is C8H9N5S. The minimum absolute atomic E-state index is 0.940. The van der Waals surface area contributed by atoms with E-state index in [1.54, 1.807) is 24.0 Å². The number of aromatic nitrogens is 4. The summed E-state index contributed by atoms with van der Waals surface area (Å²) in [5.41, 5.74) is 1.22. The lowest BCUT2D eigenvalue weighted by molar-refractivity contribution is 0.643. The van der Waals surface area contributed by atoms with Gasteiger partial charge in [0, 0.05) is 24.4 Å². The van der Waals surface area contributed by atoms with Crippen LogP contribution >= 0.6 is 11.3 Å². The second kappa shape index (κ2) is 3.14. The van der Waals surface area contributed by atoms with Gasteiger partial charge in [0.1, 0.15) is 12.7 Å². The van der Waals surface area contributed by atoms with Crippen LogP contribution in [-0.2, 0) is 13.0 Å². The van der Waals surface area contributed by atoms with Gasteiger partial charge in [-0.2, -0.15) is 0 Å². The first-order valence-electron chi connectivity index (χ1n) is 4.48. The van der Waals surface area contributed by atoms with Crippen LogP contribution in [0.5, 0.6) is 0 Å². The minimum atomic E-state index is 0.940. The molecule has 1 N–H and O–H groups in total. The van der Waals surface area contributed by atoms with Crippen molar-refractivity contribution in [3.05, 3.63) is 23.2 Å². The summed E-state index contributed by atoms with van der Waals surface area (Å²) in [6.45, 7) is 1.97. The number of hydrogen-bond acceptors (Lipinski definition) is 5. The first-order chi connectivity index (χ1) is 6.93. The molecular weight excluding hydrogens is 198 g/mol.